The first-order valence-corrected chi connectivity index (χ1v) is 10.8. The lowest BCUT2D eigenvalue weighted by Crippen LogP contribution is -2.17. The van der Waals surface area contributed by atoms with E-state index in [1.165, 1.54) is 24.5 Å². The summed E-state index contributed by atoms with van der Waals surface area (Å²) in [7, 11) is 1.58. The van der Waals surface area contributed by atoms with Crippen molar-refractivity contribution in [3.05, 3.63) is 99.9 Å². The fraction of sp³-hybridized carbons (Fsp3) is 0.296. The number of aromatic nitrogens is 2. The zero-order chi connectivity index (χ0) is 24.3. The van der Waals surface area contributed by atoms with Crippen LogP contribution < -0.4 is 0 Å². The summed E-state index contributed by atoms with van der Waals surface area (Å²) in [6.45, 7) is 9.57. The maximum absolute atomic E-state index is 15.1. The molecule has 0 saturated heterocycles. The summed E-state index contributed by atoms with van der Waals surface area (Å²) in [6, 6.07) is 8.40. The predicted molar refractivity (Wildman–Crippen MR) is 127 cm³/mol. The van der Waals surface area contributed by atoms with Gasteiger partial charge in [0.25, 0.3) is 0 Å². The molecule has 0 radical (unpaired) electrons. The molecule has 0 bridgehead atoms. The van der Waals surface area contributed by atoms with E-state index in [9.17, 15) is 8.78 Å². The highest BCUT2D eigenvalue weighted by Gasteiger charge is 2.27. The molecular weight excluding hydrogens is 423 g/mol. The second-order valence-corrected chi connectivity index (χ2v) is 8.46. The van der Waals surface area contributed by atoms with Gasteiger partial charge in [-0.25, -0.2) is 23.1 Å². The van der Waals surface area contributed by atoms with Crippen LogP contribution in [0.25, 0.3) is 5.57 Å². The molecule has 3 aromatic rings. The van der Waals surface area contributed by atoms with Crippen LogP contribution in [0.5, 0.6) is 0 Å². The Morgan fingerprint density at radius 1 is 0.939 bits per heavy atom. The van der Waals surface area contributed by atoms with Crippen molar-refractivity contribution in [3.63, 3.8) is 0 Å². The molecule has 6 heteroatoms. The van der Waals surface area contributed by atoms with Gasteiger partial charge in [0.05, 0.1) is 11.4 Å². The van der Waals surface area contributed by atoms with Gasteiger partial charge in [-0.15, -0.1) is 0 Å². The fourth-order valence-corrected chi connectivity index (χ4v) is 4.17. The molecular formula is C27H28F3N3. The van der Waals surface area contributed by atoms with E-state index in [1.807, 2.05) is 33.8 Å². The Morgan fingerprint density at radius 2 is 1.61 bits per heavy atom. The molecule has 0 spiro atoms. The van der Waals surface area contributed by atoms with Crippen LogP contribution in [0.3, 0.4) is 0 Å². The van der Waals surface area contributed by atoms with Crippen LogP contribution in [0.15, 0.2) is 59.5 Å². The van der Waals surface area contributed by atoms with Crippen LogP contribution >= 0.6 is 0 Å². The van der Waals surface area contributed by atoms with Crippen LogP contribution in [0.1, 0.15) is 67.5 Å². The van der Waals surface area contributed by atoms with Crippen molar-refractivity contribution in [1.29, 1.82) is 0 Å². The molecule has 1 unspecified atom stereocenters. The maximum Gasteiger partial charge on any atom is 0.133 e. The molecule has 1 aromatic heterocycles. The zero-order valence-corrected chi connectivity index (χ0v) is 19.7. The average Bonchev–Trinajstić information content (AvgIpc) is 2.77. The second kappa shape index (κ2) is 10.1. The van der Waals surface area contributed by atoms with Crippen LogP contribution in [0.2, 0.25) is 0 Å². The summed E-state index contributed by atoms with van der Waals surface area (Å²) in [4.78, 5) is 13.1. The molecule has 0 aliphatic rings. The predicted octanol–water partition coefficient (Wildman–Crippen LogP) is 7.02. The summed E-state index contributed by atoms with van der Waals surface area (Å²) < 4.78 is 43.5. The lowest BCUT2D eigenvalue weighted by Gasteiger charge is -2.24. The first-order chi connectivity index (χ1) is 15.6. The van der Waals surface area contributed by atoms with Crippen molar-refractivity contribution in [2.24, 2.45) is 4.99 Å². The number of aryl methyl sites for hydroxylation is 1. The Balaban J connectivity index is 2.33. The summed E-state index contributed by atoms with van der Waals surface area (Å²) in [5, 5.41) is 0. The normalized spacial score (nSPS) is 13.8. The number of benzene rings is 2. The number of hydrogen-bond donors (Lipinski definition) is 0. The Labute approximate surface area is 193 Å². The third kappa shape index (κ3) is 5.05. The Hall–Kier alpha value is -3.28. The molecule has 0 saturated carbocycles. The standard InChI is InChI=1S/C27H28F3N3/c1-15(2)26-22(13-32-14-33-26)18(5)25(17(4)20-10-8-19(28)12-24(20)30)27(31-6)21-9-7-16(3)11-23(21)29/h7-15,18H,1-6H3/b25-17+,31-27?. The topological polar surface area (TPSA) is 38.1 Å². The highest BCUT2D eigenvalue weighted by atomic mass is 19.1. The van der Waals surface area contributed by atoms with Crippen molar-refractivity contribution in [2.45, 2.75) is 46.5 Å². The average molecular weight is 452 g/mol. The molecule has 2 aromatic carbocycles. The second-order valence-electron chi connectivity index (χ2n) is 8.46. The molecule has 0 N–H and O–H groups in total. The highest BCUT2D eigenvalue weighted by molar-refractivity contribution is 6.17. The molecule has 1 heterocycles. The number of allylic oxidation sites excluding steroid dienone is 2. The lowest BCUT2D eigenvalue weighted by molar-refractivity contribution is 0.581. The van der Waals surface area contributed by atoms with E-state index in [2.05, 4.69) is 15.0 Å². The van der Waals surface area contributed by atoms with E-state index in [4.69, 9.17) is 0 Å². The molecule has 3 rings (SSSR count). The van der Waals surface area contributed by atoms with Gasteiger partial charge < -0.3 is 0 Å². The molecule has 172 valence electrons. The first-order valence-electron chi connectivity index (χ1n) is 10.8. The van der Waals surface area contributed by atoms with Crippen molar-refractivity contribution in [1.82, 2.24) is 9.97 Å². The molecule has 0 amide bonds. The zero-order valence-electron chi connectivity index (χ0n) is 19.7. The fourth-order valence-electron chi connectivity index (χ4n) is 4.17. The monoisotopic (exact) mass is 451 g/mol. The van der Waals surface area contributed by atoms with Crippen molar-refractivity contribution >= 4 is 11.3 Å². The van der Waals surface area contributed by atoms with Crippen molar-refractivity contribution in [3.8, 4) is 0 Å². The van der Waals surface area contributed by atoms with Gasteiger partial charge in [-0.05, 0) is 66.3 Å². The maximum atomic E-state index is 15.1. The molecule has 0 aliphatic heterocycles. The molecule has 0 aliphatic carbocycles. The summed E-state index contributed by atoms with van der Waals surface area (Å²) in [6.07, 6.45) is 3.23. The summed E-state index contributed by atoms with van der Waals surface area (Å²) in [5.41, 5.74) is 4.59. The summed E-state index contributed by atoms with van der Waals surface area (Å²) >= 11 is 0. The quantitative estimate of drug-likeness (QED) is 0.378. The number of aliphatic imine (C=N–C) groups is 1. The largest absolute Gasteiger partial charge is 0.288 e. The van der Waals surface area contributed by atoms with E-state index in [0.29, 0.717) is 22.4 Å². The van der Waals surface area contributed by atoms with Gasteiger partial charge in [-0.2, -0.15) is 0 Å². The molecule has 33 heavy (non-hydrogen) atoms. The first kappa shape index (κ1) is 24.4. The molecule has 1 atom stereocenters. The smallest absolute Gasteiger partial charge is 0.133 e. The summed E-state index contributed by atoms with van der Waals surface area (Å²) in [5.74, 6) is -1.99. The SMILES string of the molecule is CN=C(/C(=C(\C)c1ccc(F)cc1F)C(C)c1cncnc1C(C)C)c1ccc(C)cc1F. The number of hydrogen-bond acceptors (Lipinski definition) is 3. The van der Waals surface area contributed by atoms with E-state index in [0.717, 1.165) is 22.9 Å². The minimum absolute atomic E-state index is 0.118. The minimum Gasteiger partial charge on any atom is -0.288 e. The minimum atomic E-state index is -0.689. The van der Waals surface area contributed by atoms with Crippen LogP contribution in [0, 0.1) is 24.4 Å². The molecule has 3 nitrogen and oxygen atoms in total. The third-order valence-corrected chi connectivity index (χ3v) is 5.82. The highest BCUT2D eigenvalue weighted by Crippen LogP contribution is 2.37. The van der Waals surface area contributed by atoms with Gasteiger partial charge in [0.15, 0.2) is 0 Å². The number of nitrogens with zero attached hydrogens (tertiary/aromatic N) is 3. The Kier molecular flexibility index (Phi) is 7.46. The van der Waals surface area contributed by atoms with E-state index < -0.39 is 17.5 Å². The van der Waals surface area contributed by atoms with Crippen LogP contribution in [-0.4, -0.2) is 22.7 Å². The van der Waals surface area contributed by atoms with Gasteiger partial charge in [-0.1, -0.05) is 26.8 Å². The van der Waals surface area contributed by atoms with Gasteiger partial charge in [0.2, 0.25) is 0 Å². The number of halogens is 3. The van der Waals surface area contributed by atoms with Gasteiger partial charge in [-0.3, -0.25) is 4.99 Å². The van der Waals surface area contributed by atoms with E-state index >= 15 is 4.39 Å². The van der Waals surface area contributed by atoms with Crippen molar-refractivity contribution in [2.75, 3.05) is 7.05 Å². The number of rotatable bonds is 6. The van der Waals surface area contributed by atoms with E-state index in [1.54, 1.807) is 26.2 Å². The lowest BCUT2D eigenvalue weighted by atomic mass is 9.81. The third-order valence-electron chi connectivity index (χ3n) is 5.82. The van der Waals surface area contributed by atoms with Crippen molar-refractivity contribution < 1.29 is 13.2 Å². The Morgan fingerprint density at radius 3 is 2.21 bits per heavy atom. The van der Waals surface area contributed by atoms with Crippen LogP contribution in [-0.2, 0) is 0 Å². The van der Waals surface area contributed by atoms with E-state index in [-0.39, 0.29) is 17.4 Å². The molecule has 0 fully saturated rings. The van der Waals surface area contributed by atoms with Gasteiger partial charge >= 0.3 is 0 Å². The van der Waals surface area contributed by atoms with Gasteiger partial charge in [0.1, 0.15) is 23.8 Å². The van der Waals surface area contributed by atoms with Gasteiger partial charge in [0, 0.05) is 36.4 Å². The Bertz CT molecular complexity index is 1230. The van der Waals surface area contributed by atoms with Crippen LogP contribution in [0.4, 0.5) is 13.2 Å².